The van der Waals surface area contributed by atoms with E-state index in [1.807, 2.05) is 0 Å². The first kappa shape index (κ1) is 12.0. The molecule has 0 fully saturated rings. The van der Waals surface area contributed by atoms with Crippen LogP contribution in [-0.2, 0) is 6.54 Å². The summed E-state index contributed by atoms with van der Waals surface area (Å²) in [5, 5.41) is 17.6. The second-order valence-electron chi connectivity index (χ2n) is 4.26. The third-order valence-electron chi connectivity index (χ3n) is 2.23. The van der Waals surface area contributed by atoms with Gasteiger partial charge in [-0.3, -0.25) is 4.68 Å². The molecule has 0 amide bonds. The van der Waals surface area contributed by atoms with Gasteiger partial charge in [-0.1, -0.05) is 25.2 Å². The van der Waals surface area contributed by atoms with Gasteiger partial charge in [0.05, 0.1) is 6.54 Å². The van der Waals surface area contributed by atoms with E-state index in [1.165, 1.54) is 6.33 Å². The van der Waals surface area contributed by atoms with Gasteiger partial charge in [0, 0.05) is 12.0 Å². The quantitative estimate of drug-likeness (QED) is 0.878. The van der Waals surface area contributed by atoms with E-state index in [9.17, 15) is 0 Å². The largest absolute Gasteiger partial charge is 0.356 e. The van der Waals surface area contributed by atoms with Crippen LogP contribution >= 0.6 is 11.3 Å². The molecule has 0 aromatic carbocycles. The van der Waals surface area contributed by atoms with Gasteiger partial charge in [0.15, 0.2) is 0 Å². The Morgan fingerprint density at radius 2 is 2.18 bits per heavy atom. The summed E-state index contributed by atoms with van der Waals surface area (Å²) < 4.78 is 1.79. The van der Waals surface area contributed by atoms with Gasteiger partial charge < -0.3 is 5.32 Å². The van der Waals surface area contributed by atoms with Gasteiger partial charge in [0.2, 0.25) is 5.13 Å². The summed E-state index contributed by atoms with van der Waals surface area (Å²) >= 11 is 1.60. The Hall–Kier alpha value is -1.50. The zero-order chi connectivity index (χ0) is 12.3. The monoisotopic (exact) mass is 252 g/mol. The molecule has 0 aliphatic rings. The lowest BCUT2D eigenvalue weighted by molar-refractivity contribution is 0.559. The highest BCUT2D eigenvalue weighted by Crippen LogP contribution is 2.22. The zero-order valence-electron chi connectivity index (χ0n) is 10.2. The standard InChI is InChI=1S/C10H16N6S/c1-7(2)9-14-15-10(17-9)13-8(3)4-16-6-11-5-12-16/h5-8H,4H2,1-3H3,(H,13,15)/t8-/m1/s1. The average molecular weight is 252 g/mol. The van der Waals surface area contributed by atoms with E-state index in [4.69, 9.17) is 0 Å². The van der Waals surface area contributed by atoms with Gasteiger partial charge in [-0.05, 0) is 6.92 Å². The number of aromatic nitrogens is 5. The Bertz CT molecular complexity index is 449. The molecule has 0 spiro atoms. The molecule has 92 valence electrons. The van der Waals surface area contributed by atoms with Crippen LogP contribution in [0.5, 0.6) is 0 Å². The van der Waals surface area contributed by atoms with Crippen molar-refractivity contribution in [1.82, 2.24) is 25.0 Å². The fourth-order valence-corrected chi connectivity index (χ4v) is 2.25. The lowest BCUT2D eigenvalue weighted by atomic mass is 10.2. The van der Waals surface area contributed by atoms with Crippen LogP contribution in [0.4, 0.5) is 5.13 Å². The molecular weight excluding hydrogens is 236 g/mol. The van der Waals surface area contributed by atoms with E-state index in [1.54, 1.807) is 22.3 Å². The summed E-state index contributed by atoms with van der Waals surface area (Å²) in [6, 6.07) is 0.240. The molecule has 1 atom stereocenters. The number of hydrogen-bond acceptors (Lipinski definition) is 6. The van der Waals surface area contributed by atoms with Crippen molar-refractivity contribution in [3.05, 3.63) is 17.7 Å². The van der Waals surface area contributed by atoms with Crippen LogP contribution in [0.1, 0.15) is 31.7 Å². The Morgan fingerprint density at radius 1 is 1.35 bits per heavy atom. The van der Waals surface area contributed by atoms with Crippen molar-refractivity contribution in [3.63, 3.8) is 0 Å². The van der Waals surface area contributed by atoms with E-state index >= 15 is 0 Å². The van der Waals surface area contributed by atoms with E-state index < -0.39 is 0 Å². The van der Waals surface area contributed by atoms with Crippen LogP contribution in [0.2, 0.25) is 0 Å². The summed E-state index contributed by atoms with van der Waals surface area (Å²) in [5.41, 5.74) is 0. The summed E-state index contributed by atoms with van der Waals surface area (Å²) in [6.07, 6.45) is 3.24. The van der Waals surface area contributed by atoms with Crippen LogP contribution in [0.3, 0.4) is 0 Å². The van der Waals surface area contributed by atoms with Crippen molar-refractivity contribution < 1.29 is 0 Å². The maximum atomic E-state index is 4.14. The fraction of sp³-hybridized carbons (Fsp3) is 0.600. The number of nitrogens with one attached hydrogen (secondary N) is 1. The van der Waals surface area contributed by atoms with Crippen molar-refractivity contribution in [1.29, 1.82) is 0 Å². The molecule has 2 aromatic heterocycles. The molecule has 0 aliphatic heterocycles. The van der Waals surface area contributed by atoms with E-state index in [2.05, 4.69) is 46.4 Å². The third-order valence-corrected chi connectivity index (χ3v) is 3.39. The van der Waals surface area contributed by atoms with Crippen LogP contribution in [-0.4, -0.2) is 31.0 Å². The Labute approximate surface area is 104 Å². The average Bonchev–Trinajstić information content (AvgIpc) is 2.88. The first-order valence-corrected chi connectivity index (χ1v) is 6.39. The summed E-state index contributed by atoms with van der Waals surface area (Å²) in [4.78, 5) is 3.91. The maximum Gasteiger partial charge on any atom is 0.205 e. The Kier molecular flexibility index (Phi) is 3.68. The lowest BCUT2D eigenvalue weighted by Gasteiger charge is -2.11. The van der Waals surface area contributed by atoms with Crippen LogP contribution in [0.25, 0.3) is 0 Å². The molecule has 0 saturated carbocycles. The van der Waals surface area contributed by atoms with E-state index in [0.29, 0.717) is 5.92 Å². The number of hydrogen-bond donors (Lipinski definition) is 1. The molecule has 2 heterocycles. The van der Waals surface area contributed by atoms with Crippen LogP contribution in [0, 0.1) is 0 Å². The maximum absolute atomic E-state index is 4.14. The summed E-state index contributed by atoms with van der Waals surface area (Å²) in [6.45, 7) is 7.07. The minimum absolute atomic E-state index is 0.240. The molecule has 17 heavy (non-hydrogen) atoms. The molecule has 6 nitrogen and oxygen atoms in total. The molecule has 2 aromatic rings. The minimum Gasteiger partial charge on any atom is -0.356 e. The van der Waals surface area contributed by atoms with Crippen molar-refractivity contribution in [2.24, 2.45) is 0 Å². The highest BCUT2D eigenvalue weighted by Gasteiger charge is 2.10. The molecule has 0 saturated heterocycles. The molecular formula is C10H16N6S. The predicted octanol–water partition coefficient (Wildman–Crippen LogP) is 1.75. The first-order valence-electron chi connectivity index (χ1n) is 5.57. The SMILES string of the molecule is CC(C)c1nnc(N[C@H](C)Cn2cncn2)s1. The van der Waals surface area contributed by atoms with Crippen molar-refractivity contribution >= 4 is 16.5 Å². The lowest BCUT2D eigenvalue weighted by Crippen LogP contribution is -2.22. The summed E-state index contributed by atoms with van der Waals surface area (Å²) in [5.74, 6) is 0.425. The van der Waals surface area contributed by atoms with Gasteiger partial charge >= 0.3 is 0 Å². The second kappa shape index (κ2) is 5.22. The topological polar surface area (TPSA) is 68.5 Å². The molecule has 7 heteroatoms. The van der Waals surface area contributed by atoms with Gasteiger partial charge in [0.1, 0.15) is 17.7 Å². The van der Waals surface area contributed by atoms with Crippen molar-refractivity contribution in [2.75, 3.05) is 5.32 Å². The van der Waals surface area contributed by atoms with Crippen LogP contribution in [0.15, 0.2) is 12.7 Å². The summed E-state index contributed by atoms with van der Waals surface area (Å²) in [7, 11) is 0. The van der Waals surface area contributed by atoms with Crippen LogP contribution < -0.4 is 5.32 Å². The number of anilines is 1. The van der Waals surface area contributed by atoms with Gasteiger partial charge in [0.25, 0.3) is 0 Å². The van der Waals surface area contributed by atoms with Gasteiger partial charge in [-0.15, -0.1) is 10.2 Å². The fourth-order valence-electron chi connectivity index (χ4n) is 1.39. The second-order valence-corrected chi connectivity index (χ2v) is 5.27. The van der Waals surface area contributed by atoms with Gasteiger partial charge in [-0.2, -0.15) is 5.10 Å². The molecule has 0 radical (unpaired) electrons. The molecule has 2 rings (SSSR count). The zero-order valence-corrected chi connectivity index (χ0v) is 11.0. The third kappa shape index (κ3) is 3.23. The Morgan fingerprint density at radius 3 is 2.76 bits per heavy atom. The molecule has 0 unspecified atom stereocenters. The normalized spacial score (nSPS) is 12.9. The minimum atomic E-state index is 0.240. The molecule has 1 N–H and O–H groups in total. The smallest absolute Gasteiger partial charge is 0.205 e. The van der Waals surface area contributed by atoms with Crippen molar-refractivity contribution in [3.8, 4) is 0 Å². The highest BCUT2D eigenvalue weighted by molar-refractivity contribution is 7.15. The first-order chi connectivity index (χ1) is 8.15. The predicted molar refractivity (Wildman–Crippen MR) is 67.1 cm³/mol. The van der Waals surface area contributed by atoms with E-state index in [0.717, 1.165) is 16.7 Å². The number of nitrogens with zero attached hydrogens (tertiary/aromatic N) is 5. The number of rotatable bonds is 5. The van der Waals surface area contributed by atoms with E-state index in [-0.39, 0.29) is 6.04 Å². The van der Waals surface area contributed by atoms with Crippen molar-refractivity contribution in [2.45, 2.75) is 39.3 Å². The molecule has 0 bridgehead atoms. The Balaban J connectivity index is 1.91. The highest BCUT2D eigenvalue weighted by atomic mass is 32.1. The molecule has 0 aliphatic carbocycles. The van der Waals surface area contributed by atoms with Gasteiger partial charge in [-0.25, -0.2) is 4.98 Å².